The van der Waals surface area contributed by atoms with Crippen LogP contribution in [0.5, 0.6) is 5.75 Å². The van der Waals surface area contributed by atoms with E-state index in [0.29, 0.717) is 28.1 Å². The van der Waals surface area contributed by atoms with Gasteiger partial charge in [0.1, 0.15) is 5.75 Å². The van der Waals surface area contributed by atoms with Crippen molar-refractivity contribution in [3.05, 3.63) is 78.1 Å². The smallest absolute Gasteiger partial charge is 0.433 e. The maximum absolute atomic E-state index is 13.9. The first kappa shape index (κ1) is 24.0. The Morgan fingerprint density at radius 3 is 2.49 bits per heavy atom. The second kappa shape index (κ2) is 9.41. The van der Waals surface area contributed by atoms with Gasteiger partial charge in [-0.05, 0) is 37.3 Å². The van der Waals surface area contributed by atoms with E-state index < -0.39 is 17.8 Å². The number of methoxy groups -OCH3 is 1. The number of aromatic nitrogens is 7. The third-order valence-corrected chi connectivity index (χ3v) is 5.58. The summed E-state index contributed by atoms with van der Waals surface area (Å²) in [4.78, 5) is 17.1. The van der Waals surface area contributed by atoms with E-state index in [0.717, 1.165) is 18.2 Å². The highest BCUT2D eigenvalue weighted by molar-refractivity contribution is 6.03. The van der Waals surface area contributed by atoms with Crippen LogP contribution in [0.1, 0.15) is 28.7 Å². The SMILES string of the molecule is CCn1cc(Cn2cc(NC(=O)c3cc4nc(-c5ccc(OC)cc5)cc(C(F)(F)F)n4n3)cn2)cn1. The highest BCUT2D eigenvalue weighted by atomic mass is 19.4. The second-order valence-corrected chi connectivity index (χ2v) is 8.14. The fourth-order valence-electron chi connectivity index (χ4n) is 3.75. The van der Waals surface area contributed by atoms with Crippen molar-refractivity contribution in [1.29, 1.82) is 0 Å². The second-order valence-electron chi connectivity index (χ2n) is 8.14. The summed E-state index contributed by atoms with van der Waals surface area (Å²) in [6.45, 7) is 3.16. The molecule has 0 aliphatic rings. The average molecular weight is 510 g/mol. The molecule has 4 heterocycles. The number of nitrogens with zero attached hydrogens (tertiary/aromatic N) is 7. The number of carbonyl (C=O) groups is 1. The van der Waals surface area contributed by atoms with Crippen molar-refractivity contribution in [2.24, 2.45) is 0 Å². The van der Waals surface area contributed by atoms with E-state index in [1.807, 2.05) is 13.1 Å². The lowest BCUT2D eigenvalue weighted by atomic mass is 10.1. The molecule has 0 aliphatic heterocycles. The molecule has 0 aliphatic carbocycles. The third-order valence-electron chi connectivity index (χ3n) is 5.58. The fourth-order valence-corrected chi connectivity index (χ4v) is 3.75. The Morgan fingerprint density at radius 1 is 1.05 bits per heavy atom. The molecule has 5 rings (SSSR count). The van der Waals surface area contributed by atoms with E-state index >= 15 is 0 Å². The van der Waals surface area contributed by atoms with Crippen LogP contribution in [0.15, 0.2) is 61.2 Å². The molecular formula is C24H21F3N8O2. The molecule has 0 unspecified atom stereocenters. The number of alkyl halides is 3. The number of carbonyl (C=O) groups excluding carboxylic acids is 1. The number of benzene rings is 1. The topological polar surface area (TPSA) is 104 Å². The molecular weight excluding hydrogens is 489 g/mol. The molecule has 1 N–H and O–H groups in total. The van der Waals surface area contributed by atoms with Crippen LogP contribution < -0.4 is 10.1 Å². The van der Waals surface area contributed by atoms with Crippen molar-refractivity contribution in [1.82, 2.24) is 34.2 Å². The number of rotatable bonds is 7. The summed E-state index contributed by atoms with van der Waals surface area (Å²) >= 11 is 0. The van der Waals surface area contributed by atoms with Gasteiger partial charge in [0.2, 0.25) is 0 Å². The van der Waals surface area contributed by atoms with Gasteiger partial charge in [-0.1, -0.05) is 0 Å². The quantitative estimate of drug-likeness (QED) is 0.353. The van der Waals surface area contributed by atoms with E-state index in [2.05, 4.69) is 25.6 Å². The van der Waals surface area contributed by atoms with Crippen molar-refractivity contribution in [2.75, 3.05) is 12.4 Å². The number of amides is 1. The number of ether oxygens (including phenoxy) is 1. The lowest BCUT2D eigenvalue weighted by Gasteiger charge is -2.11. The molecule has 10 nitrogen and oxygen atoms in total. The van der Waals surface area contributed by atoms with E-state index in [4.69, 9.17) is 4.74 Å². The van der Waals surface area contributed by atoms with Gasteiger partial charge in [0.25, 0.3) is 5.91 Å². The van der Waals surface area contributed by atoms with Crippen molar-refractivity contribution in [3.63, 3.8) is 0 Å². The van der Waals surface area contributed by atoms with Crippen molar-refractivity contribution in [3.8, 4) is 17.0 Å². The van der Waals surface area contributed by atoms with Gasteiger partial charge in [-0.25, -0.2) is 9.50 Å². The largest absolute Gasteiger partial charge is 0.497 e. The minimum Gasteiger partial charge on any atom is -0.497 e. The summed E-state index contributed by atoms with van der Waals surface area (Å²) in [5.41, 5.74) is 0.452. The molecule has 1 aromatic carbocycles. The lowest BCUT2D eigenvalue weighted by Crippen LogP contribution is -2.15. The third kappa shape index (κ3) is 5.01. The molecule has 0 spiro atoms. The van der Waals surface area contributed by atoms with Gasteiger partial charge in [0, 0.05) is 36.1 Å². The van der Waals surface area contributed by atoms with Gasteiger partial charge in [-0.15, -0.1) is 0 Å². The summed E-state index contributed by atoms with van der Waals surface area (Å²) in [5, 5.41) is 14.9. The Labute approximate surface area is 208 Å². The Kier molecular flexibility index (Phi) is 6.11. The number of anilines is 1. The molecule has 0 fully saturated rings. The Bertz CT molecular complexity index is 1570. The van der Waals surface area contributed by atoms with Crippen LogP contribution in [0.2, 0.25) is 0 Å². The number of hydrogen-bond acceptors (Lipinski definition) is 6. The summed E-state index contributed by atoms with van der Waals surface area (Å²) in [6.07, 6.45) is 1.94. The van der Waals surface area contributed by atoms with E-state index in [-0.39, 0.29) is 17.0 Å². The highest BCUT2D eigenvalue weighted by Crippen LogP contribution is 2.32. The van der Waals surface area contributed by atoms with Crippen LogP contribution in [0, 0.1) is 0 Å². The lowest BCUT2D eigenvalue weighted by molar-refractivity contribution is -0.142. The normalized spacial score (nSPS) is 11.7. The Hall–Kier alpha value is -4.68. The summed E-state index contributed by atoms with van der Waals surface area (Å²) in [5.74, 6) is -0.133. The minimum atomic E-state index is -4.73. The van der Waals surface area contributed by atoms with Crippen LogP contribution in [0.25, 0.3) is 16.9 Å². The molecule has 0 radical (unpaired) electrons. The average Bonchev–Trinajstić information content (AvgIpc) is 3.62. The van der Waals surface area contributed by atoms with Crippen LogP contribution >= 0.6 is 0 Å². The predicted octanol–water partition coefficient (Wildman–Crippen LogP) is 4.14. The van der Waals surface area contributed by atoms with Crippen molar-refractivity contribution >= 4 is 17.2 Å². The minimum absolute atomic E-state index is 0.0852. The number of fused-ring (bicyclic) bond motifs is 1. The zero-order chi connectivity index (χ0) is 26.2. The van der Waals surface area contributed by atoms with Gasteiger partial charge in [-0.2, -0.15) is 28.5 Å². The molecule has 13 heteroatoms. The highest BCUT2D eigenvalue weighted by Gasteiger charge is 2.35. The molecule has 1 amide bonds. The molecule has 37 heavy (non-hydrogen) atoms. The molecule has 0 saturated heterocycles. The van der Waals surface area contributed by atoms with E-state index in [9.17, 15) is 18.0 Å². The van der Waals surface area contributed by atoms with Crippen molar-refractivity contribution < 1.29 is 22.7 Å². The predicted molar refractivity (Wildman–Crippen MR) is 127 cm³/mol. The van der Waals surface area contributed by atoms with Gasteiger partial charge in [-0.3, -0.25) is 14.2 Å². The zero-order valence-electron chi connectivity index (χ0n) is 19.8. The van der Waals surface area contributed by atoms with Crippen molar-refractivity contribution in [2.45, 2.75) is 26.2 Å². The van der Waals surface area contributed by atoms with Crippen LogP contribution in [0.4, 0.5) is 18.9 Å². The molecule has 4 aromatic heterocycles. The standard InChI is InChI=1S/C24H21F3N8O2/c1-3-33-12-15(10-28-33)13-34-14-17(11-29-34)30-23(36)20-9-22-31-19(16-4-6-18(37-2)7-5-16)8-21(24(25,26)27)35(22)32-20/h4-12,14H,3,13H2,1-2H3,(H,30,36). The maximum Gasteiger partial charge on any atom is 0.433 e. The van der Waals surface area contributed by atoms with Gasteiger partial charge < -0.3 is 10.1 Å². The van der Waals surface area contributed by atoms with Crippen LogP contribution in [0.3, 0.4) is 0 Å². The van der Waals surface area contributed by atoms with Gasteiger partial charge in [0.15, 0.2) is 17.0 Å². The fraction of sp³-hybridized carbons (Fsp3) is 0.208. The summed E-state index contributed by atoms with van der Waals surface area (Å²) < 4.78 is 50.7. The molecule has 0 saturated carbocycles. The molecule has 5 aromatic rings. The van der Waals surface area contributed by atoms with E-state index in [1.165, 1.54) is 19.4 Å². The summed E-state index contributed by atoms with van der Waals surface area (Å²) in [7, 11) is 1.49. The summed E-state index contributed by atoms with van der Waals surface area (Å²) in [6, 6.07) is 8.56. The van der Waals surface area contributed by atoms with Crippen LogP contribution in [-0.2, 0) is 19.3 Å². The molecule has 190 valence electrons. The number of hydrogen-bond donors (Lipinski definition) is 1. The first-order valence-corrected chi connectivity index (χ1v) is 11.2. The maximum atomic E-state index is 13.9. The first-order chi connectivity index (χ1) is 17.7. The molecule has 0 bridgehead atoms. The first-order valence-electron chi connectivity index (χ1n) is 11.2. The number of aryl methyl sites for hydroxylation is 1. The Morgan fingerprint density at radius 2 is 1.81 bits per heavy atom. The monoisotopic (exact) mass is 510 g/mol. The van der Waals surface area contributed by atoms with Gasteiger partial charge >= 0.3 is 6.18 Å². The zero-order valence-corrected chi connectivity index (χ0v) is 19.8. The van der Waals surface area contributed by atoms with E-state index in [1.54, 1.807) is 46.0 Å². The molecule has 0 atom stereocenters. The van der Waals surface area contributed by atoms with Gasteiger partial charge in [0.05, 0.1) is 37.4 Å². The van der Waals surface area contributed by atoms with Crippen LogP contribution in [-0.4, -0.2) is 47.2 Å². The number of halogens is 3. The Balaban J connectivity index is 1.41. The number of nitrogens with one attached hydrogen (secondary N) is 1.